The van der Waals surface area contributed by atoms with Crippen LogP contribution in [0.1, 0.15) is 58.9 Å². The molecular weight excluding hydrogens is 416 g/mol. The van der Waals surface area contributed by atoms with Crippen molar-refractivity contribution in [2.75, 3.05) is 11.9 Å². The predicted octanol–water partition coefficient (Wildman–Crippen LogP) is 1.29. The van der Waals surface area contributed by atoms with Crippen LogP contribution in [0.5, 0.6) is 11.6 Å². The van der Waals surface area contributed by atoms with Crippen molar-refractivity contribution in [3.8, 4) is 11.6 Å². The van der Waals surface area contributed by atoms with E-state index in [4.69, 9.17) is 5.11 Å². The first-order valence-corrected chi connectivity index (χ1v) is 10.1. The molecule has 0 radical (unpaired) electrons. The fourth-order valence-electron chi connectivity index (χ4n) is 3.45. The molecule has 0 aliphatic heterocycles. The van der Waals surface area contributed by atoms with Crippen LogP contribution in [-0.4, -0.2) is 49.2 Å². The van der Waals surface area contributed by atoms with E-state index >= 15 is 0 Å². The molecule has 11 nitrogen and oxygen atoms in total. The van der Waals surface area contributed by atoms with Gasteiger partial charge in [0.1, 0.15) is 17.7 Å². The van der Waals surface area contributed by atoms with E-state index in [-0.39, 0.29) is 5.13 Å². The quantitative estimate of drug-likeness (QED) is 0.451. The Morgan fingerprint density at radius 3 is 2.43 bits per heavy atom. The van der Waals surface area contributed by atoms with Crippen molar-refractivity contribution in [3.05, 3.63) is 33.1 Å². The molecule has 0 unspecified atom stereocenters. The number of nitrogens with zero attached hydrogens (tertiary/aromatic N) is 2. The van der Waals surface area contributed by atoms with Crippen molar-refractivity contribution < 1.29 is 29.7 Å². The highest BCUT2D eigenvalue weighted by Crippen LogP contribution is 2.35. The molecule has 1 saturated carbocycles. The van der Waals surface area contributed by atoms with Gasteiger partial charge in [0.2, 0.25) is 5.88 Å². The molecule has 3 rings (SSSR count). The minimum atomic E-state index is -1.35. The number of carboxylic acids is 1. The number of hydrogen-bond acceptors (Lipinski definition) is 8. The summed E-state index contributed by atoms with van der Waals surface area (Å²) >= 11 is 1.10. The smallest absolute Gasteiger partial charge is 0.322 e. The molecule has 0 saturated heterocycles. The maximum atomic E-state index is 13.0. The zero-order chi connectivity index (χ0) is 21.8. The zero-order valence-corrected chi connectivity index (χ0v) is 16.6. The van der Waals surface area contributed by atoms with Crippen LogP contribution in [-0.2, 0) is 4.79 Å². The maximum absolute atomic E-state index is 13.0. The number of aromatic hydroxyl groups is 2. The Hall–Kier alpha value is -3.41. The van der Waals surface area contributed by atoms with Gasteiger partial charge in [0.15, 0.2) is 10.9 Å². The highest BCUT2D eigenvalue weighted by molar-refractivity contribution is 7.13. The van der Waals surface area contributed by atoms with Crippen molar-refractivity contribution in [2.24, 2.45) is 0 Å². The Labute approximate surface area is 174 Å². The monoisotopic (exact) mass is 436 g/mol. The first kappa shape index (κ1) is 21.3. The molecule has 1 aliphatic rings. The van der Waals surface area contributed by atoms with Gasteiger partial charge in [0.25, 0.3) is 17.4 Å². The largest absolute Gasteiger partial charge is 0.506 e. The average molecular weight is 436 g/mol. The Kier molecular flexibility index (Phi) is 6.35. The van der Waals surface area contributed by atoms with Crippen molar-refractivity contribution in [3.63, 3.8) is 0 Å². The Bertz CT molecular complexity index is 1030. The number of aliphatic carboxylic acids is 1. The van der Waals surface area contributed by atoms with Gasteiger partial charge in [0.05, 0.1) is 0 Å². The Morgan fingerprint density at radius 2 is 1.83 bits per heavy atom. The number of rotatable bonds is 6. The average Bonchev–Trinajstić information content (AvgIpc) is 3.20. The fourth-order valence-corrected chi connectivity index (χ4v) is 3.97. The van der Waals surface area contributed by atoms with Crippen LogP contribution in [0.2, 0.25) is 0 Å². The highest BCUT2D eigenvalue weighted by atomic mass is 32.1. The number of carboxylic acid groups (broad SMARTS) is 1. The van der Waals surface area contributed by atoms with E-state index in [0.29, 0.717) is 12.8 Å². The van der Waals surface area contributed by atoms with Crippen molar-refractivity contribution >= 4 is 34.3 Å². The number of amides is 2. The van der Waals surface area contributed by atoms with Gasteiger partial charge in [-0.2, -0.15) is 0 Å². The SMILES string of the molecule is O=C(O)CNC(=O)c1c(O)c(C(=O)Nc2nccs2)c(O)n(C2CCCCC2)c1=O. The summed E-state index contributed by atoms with van der Waals surface area (Å²) < 4.78 is 0.936. The van der Waals surface area contributed by atoms with Crippen LogP contribution in [0.4, 0.5) is 5.13 Å². The molecule has 12 heteroatoms. The molecule has 0 atom stereocenters. The Morgan fingerprint density at radius 1 is 1.13 bits per heavy atom. The number of hydrogen-bond donors (Lipinski definition) is 5. The van der Waals surface area contributed by atoms with Crippen molar-refractivity contribution in [2.45, 2.75) is 38.1 Å². The Balaban J connectivity index is 2.13. The molecule has 0 aromatic carbocycles. The van der Waals surface area contributed by atoms with Gasteiger partial charge in [-0.3, -0.25) is 29.1 Å². The summed E-state index contributed by atoms with van der Waals surface area (Å²) in [7, 11) is 0. The fraction of sp³-hybridized carbons (Fsp3) is 0.389. The third-order valence-corrected chi connectivity index (χ3v) is 5.49. The number of carbonyl (C=O) groups excluding carboxylic acids is 2. The number of aromatic nitrogens is 2. The van der Waals surface area contributed by atoms with Crippen LogP contribution in [0.3, 0.4) is 0 Å². The third-order valence-electron chi connectivity index (χ3n) is 4.80. The van der Waals surface area contributed by atoms with Gasteiger partial charge >= 0.3 is 5.97 Å². The number of thiazole rings is 1. The van der Waals surface area contributed by atoms with Crippen LogP contribution < -0.4 is 16.2 Å². The van der Waals surface area contributed by atoms with Gasteiger partial charge in [-0.25, -0.2) is 4.98 Å². The molecule has 160 valence electrons. The van der Waals surface area contributed by atoms with Crippen LogP contribution in [0, 0.1) is 0 Å². The standard InChI is InChI=1S/C18H20N4O7S/c23-10(24)8-20-14(26)11-13(25)12(15(27)21-18-19-6-7-30-18)17(29)22(16(11)28)9-4-2-1-3-5-9/h6-7,9,25,29H,1-5,8H2,(H,20,26)(H,23,24)(H,19,21,27). The van der Waals surface area contributed by atoms with E-state index in [1.807, 2.05) is 5.32 Å². The lowest BCUT2D eigenvalue weighted by Gasteiger charge is -2.26. The van der Waals surface area contributed by atoms with Crippen molar-refractivity contribution in [1.29, 1.82) is 0 Å². The number of pyridine rings is 1. The normalized spacial score (nSPS) is 14.3. The van der Waals surface area contributed by atoms with Crippen LogP contribution in [0.15, 0.2) is 16.4 Å². The molecular formula is C18H20N4O7S. The van der Waals surface area contributed by atoms with Gasteiger partial charge in [0, 0.05) is 17.6 Å². The van der Waals surface area contributed by atoms with Gasteiger partial charge in [-0.15, -0.1) is 11.3 Å². The lowest BCUT2D eigenvalue weighted by atomic mass is 9.94. The number of carbonyl (C=O) groups is 3. The van der Waals surface area contributed by atoms with Crippen LogP contribution >= 0.6 is 11.3 Å². The molecule has 2 aromatic heterocycles. The van der Waals surface area contributed by atoms with E-state index in [0.717, 1.165) is 35.2 Å². The second kappa shape index (κ2) is 8.95. The van der Waals surface area contributed by atoms with Crippen molar-refractivity contribution in [1.82, 2.24) is 14.9 Å². The van der Waals surface area contributed by atoms with E-state index < -0.39 is 58.7 Å². The molecule has 30 heavy (non-hydrogen) atoms. The highest BCUT2D eigenvalue weighted by Gasteiger charge is 2.33. The summed E-state index contributed by atoms with van der Waals surface area (Å²) in [6.45, 7) is -0.789. The van der Waals surface area contributed by atoms with Crippen LogP contribution in [0.25, 0.3) is 0 Å². The minimum Gasteiger partial charge on any atom is -0.506 e. The summed E-state index contributed by atoms with van der Waals surface area (Å²) in [5, 5.41) is 36.2. The maximum Gasteiger partial charge on any atom is 0.322 e. The van der Waals surface area contributed by atoms with E-state index in [2.05, 4.69) is 10.3 Å². The summed E-state index contributed by atoms with van der Waals surface area (Å²) in [5.74, 6) is -5.25. The number of nitrogens with one attached hydrogen (secondary N) is 2. The predicted molar refractivity (Wildman–Crippen MR) is 106 cm³/mol. The van der Waals surface area contributed by atoms with E-state index in [1.54, 1.807) is 5.38 Å². The summed E-state index contributed by atoms with van der Waals surface area (Å²) in [6.07, 6.45) is 5.06. The molecule has 2 heterocycles. The summed E-state index contributed by atoms with van der Waals surface area (Å²) in [5.41, 5.74) is -2.45. The minimum absolute atomic E-state index is 0.186. The van der Waals surface area contributed by atoms with E-state index in [9.17, 15) is 29.4 Å². The molecule has 0 bridgehead atoms. The topological polar surface area (TPSA) is 171 Å². The molecule has 1 aliphatic carbocycles. The molecule has 1 fully saturated rings. The first-order chi connectivity index (χ1) is 14.3. The molecule has 2 aromatic rings. The number of anilines is 1. The first-order valence-electron chi connectivity index (χ1n) is 9.22. The molecule has 5 N–H and O–H groups in total. The second-order valence-electron chi connectivity index (χ2n) is 6.76. The van der Waals surface area contributed by atoms with E-state index in [1.165, 1.54) is 6.20 Å². The third kappa shape index (κ3) is 4.27. The summed E-state index contributed by atoms with van der Waals surface area (Å²) in [6, 6.07) is -0.468. The lowest BCUT2D eigenvalue weighted by Crippen LogP contribution is -2.38. The van der Waals surface area contributed by atoms with Gasteiger partial charge in [-0.05, 0) is 12.8 Å². The van der Waals surface area contributed by atoms with Gasteiger partial charge in [-0.1, -0.05) is 19.3 Å². The zero-order valence-electron chi connectivity index (χ0n) is 15.8. The lowest BCUT2D eigenvalue weighted by molar-refractivity contribution is -0.135. The molecule has 2 amide bonds. The second-order valence-corrected chi connectivity index (χ2v) is 7.65. The van der Waals surface area contributed by atoms with Gasteiger partial charge < -0.3 is 20.6 Å². The summed E-state index contributed by atoms with van der Waals surface area (Å²) in [4.78, 5) is 52.8. The molecule has 0 spiro atoms.